The predicted molar refractivity (Wildman–Crippen MR) is 123 cm³/mol. The van der Waals surface area contributed by atoms with E-state index >= 15 is 0 Å². The zero-order chi connectivity index (χ0) is 19.7. The fourth-order valence-electron chi connectivity index (χ4n) is 2.66. The number of aromatic nitrogens is 3. The number of thiazole rings is 1. The van der Waals surface area contributed by atoms with Crippen LogP contribution in [0.5, 0.6) is 0 Å². The van der Waals surface area contributed by atoms with E-state index < -0.39 is 0 Å². The van der Waals surface area contributed by atoms with Gasteiger partial charge in [-0.15, -0.1) is 0 Å². The van der Waals surface area contributed by atoms with Crippen LogP contribution in [0.1, 0.15) is 0 Å². The van der Waals surface area contributed by atoms with Crippen molar-refractivity contribution in [1.29, 1.82) is 0 Å². The third-order valence-corrected chi connectivity index (χ3v) is 6.75. The van der Waals surface area contributed by atoms with Gasteiger partial charge in [-0.05, 0) is 42.9 Å². The van der Waals surface area contributed by atoms with Gasteiger partial charge in [0, 0.05) is 10.7 Å². The molecule has 2 N–H and O–H groups in total. The average molecular weight is 448 g/mol. The summed E-state index contributed by atoms with van der Waals surface area (Å²) in [4.78, 5) is 13.3. The van der Waals surface area contributed by atoms with Crippen molar-refractivity contribution < 1.29 is 0 Å². The monoisotopic (exact) mass is 447 g/mol. The van der Waals surface area contributed by atoms with Crippen molar-refractivity contribution in [2.45, 2.75) is 0 Å². The lowest BCUT2D eigenvalue weighted by atomic mass is 10.3. The van der Waals surface area contributed by atoms with Crippen molar-refractivity contribution in [3.63, 3.8) is 0 Å². The highest BCUT2D eigenvalue weighted by Crippen LogP contribution is 2.32. The van der Waals surface area contributed by atoms with Crippen LogP contribution in [0.25, 0.3) is 10.2 Å². The normalized spacial score (nSPS) is 11.2. The minimum absolute atomic E-state index is 0.268. The van der Waals surface area contributed by atoms with Crippen LogP contribution in [0.2, 0.25) is 10.0 Å². The number of hydrogen-bond donors (Lipinski definition) is 2. The summed E-state index contributed by atoms with van der Waals surface area (Å²) in [6, 6.07) is 13.8. The molecule has 0 aliphatic heterocycles. The molecule has 4 rings (SSSR count). The number of anilines is 4. The second kappa shape index (κ2) is 8.18. The van der Waals surface area contributed by atoms with E-state index in [1.807, 2.05) is 36.4 Å². The Morgan fingerprint density at radius 1 is 1.00 bits per heavy atom. The number of nitrogens with zero attached hydrogens (tertiary/aromatic N) is 3. The van der Waals surface area contributed by atoms with Crippen LogP contribution in [-0.4, -0.2) is 28.3 Å². The molecule has 0 aliphatic carbocycles. The first-order valence-electron chi connectivity index (χ1n) is 8.38. The van der Waals surface area contributed by atoms with Crippen molar-refractivity contribution in [1.82, 2.24) is 15.0 Å². The average Bonchev–Trinajstić information content (AvgIpc) is 3.06. The van der Waals surface area contributed by atoms with Gasteiger partial charge in [-0.3, -0.25) is 5.32 Å². The molecule has 0 bridgehead atoms. The fourth-order valence-corrected chi connectivity index (χ4v) is 4.93. The third kappa shape index (κ3) is 4.20. The summed E-state index contributed by atoms with van der Waals surface area (Å²) in [5.74, 6) is 0.970. The van der Waals surface area contributed by atoms with E-state index in [4.69, 9.17) is 23.2 Å². The number of para-hydroxylation sites is 1. The minimum Gasteiger partial charge on any atom is -0.338 e. The van der Waals surface area contributed by atoms with Gasteiger partial charge in [0.1, 0.15) is 5.02 Å². The summed E-state index contributed by atoms with van der Waals surface area (Å²) in [7, 11) is -0.268. The summed E-state index contributed by atoms with van der Waals surface area (Å²) in [6.07, 6.45) is 1.58. The van der Waals surface area contributed by atoms with Gasteiger partial charge >= 0.3 is 0 Å². The molecule has 0 unspecified atom stereocenters. The molecular weight excluding hydrogens is 432 g/mol. The number of nitrogens with one attached hydrogen (secondary N) is 2. The van der Waals surface area contributed by atoms with Gasteiger partial charge in [-0.1, -0.05) is 60.7 Å². The molecular formula is C19H16Cl2N5PS. The summed E-state index contributed by atoms with van der Waals surface area (Å²) in [5, 5.41) is 9.57. The van der Waals surface area contributed by atoms with Gasteiger partial charge in [-0.2, -0.15) is 4.98 Å². The van der Waals surface area contributed by atoms with Crippen molar-refractivity contribution in [2.75, 3.05) is 24.0 Å². The molecule has 2 heterocycles. The maximum atomic E-state index is 6.33. The van der Waals surface area contributed by atoms with E-state index in [1.54, 1.807) is 6.20 Å². The number of halogens is 2. The van der Waals surface area contributed by atoms with Crippen molar-refractivity contribution >= 4 is 80.6 Å². The second-order valence-corrected chi connectivity index (χ2v) is 10.3. The van der Waals surface area contributed by atoms with Gasteiger partial charge in [0.25, 0.3) is 0 Å². The molecule has 0 spiro atoms. The Kier molecular flexibility index (Phi) is 5.65. The standard InChI is InChI=1S/C19H16Cl2N5PS/c1-27(2)15-6-4-3-5-13(15)23-17-12(21)10-22-18(25-17)26-19-24-14-8-7-11(20)9-16(14)28-19/h3-10H,1-2H3,(H2,22,23,24,25,26). The summed E-state index contributed by atoms with van der Waals surface area (Å²) < 4.78 is 0.996. The van der Waals surface area contributed by atoms with Gasteiger partial charge in [0.15, 0.2) is 10.9 Å². The van der Waals surface area contributed by atoms with Crippen molar-refractivity contribution in [2.24, 2.45) is 0 Å². The van der Waals surface area contributed by atoms with E-state index in [9.17, 15) is 0 Å². The third-order valence-electron chi connectivity index (χ3n) is 3.95. The van der Waals surface area contributed by atoms with E-state index in [0.717, 1.165) is 15.9 Å². The molecule has 0 amide bonds. The Labute approximate surface area is 177 Å². The number of hydrogen-bond acceptors (Lipinski definition) is 6. The first kappa shape index (κ1) is 19.3. The molecule has 5 nitrogen and oxygen atoms in total. The summed E-state index contributed by atoms with van der Waals surface area (Å²) in [6.45, 7) is 4.42. The first-order valence-corrected chi connectivity index (χ1v) is 12.2. The number of rotatable bonds is 5. The molecule has 0 saturated heterocycles. The number of fused-ring (bicyclic) bond motifs is 1. The lowest BCUT2D eigenvalue weighted by molar-refractivity contribution is 1.16. The largest absolute Gasteiger partial charge is 0.338 e. The van der Waals surface area contributed by atoms with Crippen molar-refractivity contribution in [3.8, 4) is 0 Å². The maximum absolute atomic E-state index is 6.33. The molecule has 0 fully saturated rings. The fraction of sp³-hybridized carbons (Fsp3) is 0.105. The van der Waals surface area contributed by atoms with Crippen LogP contribution in [0.15, 0.2) is 48.7 Å². The summed E-state index contributed by atoms with van der Waals surface area (Å²) in [5.41, 5.74) is 1.87. The van der Waals surface area contributed by atoms with Crippen LogP contribution in [0, 0.1) is 0 Å². The van der Waals surface area contributed by atoms with Crippen LogP contribution in [0.4, 0.5) is 22.6 Å². The Morgan fingerprint density at radius 3 is 2.64 bits per heavy atom. The molecule has 4 aromatic rings. The molecule has 142 valence electrons. The Hall–Kier alpha value is -1.98. The maximum Gasteiger partial charge on any atom is 0.231 e. The molecule has 2 aromatic carbocycles. The topological polar surface area (TPSA) is 62.7 Å². The highest BCUT2D eigenvalue weighted by atomic mass is 35.5. The molecule has 9 heteroatoms. The summed E-state index contributed by atoms with van der Waals surface area (Å²) >= 11 is 13.9. The van der Waals surface area contributed by atoms with Gasteiger partial charge in [0.2, 0.25) is 5.95 Å². The molecule has 2 aromatic heterocycles. The molecule has 28 heavy (non-hydrogen) atoms. The van der Waals surface area contributed by atoms with Crippen LogP contribution < -0.4 is 15.9 Å². The highest BCUT2D eigenvalue weighted by Gasteiger charge is 2.12. The van der Waals surface area contributed by atoms with E-state index in [0.29, 0.717) is 26.9 Å². The van der Waals surface area contributed by atoms with Crippen LogP contribution in [-0.2, 0) is 0 Å². The molecule has 0 saturated carbocycles. The molecule has 0 aliphatic rings. The van der Waals surface area contributed by atoms with Crippen molar-refractivity contribution in [3.05, 3.63) is 58.7 Å². The molecule has 0 radical (unpaired) electrons. The lowest BCUT2D eigenvalue weighted by Gasteiger charge is -2.15. The Balaban J connectivity index is 1.62. The first-order chi connectivity index (χ1) is 13.5. The smallest absolute Gasteiger partial charge is 0.231 e. The van der Waals surface area contributed by atoms with Crippen LogP contribution >= 0.6 is 42.5 Å². The second-order valence-electron chi connectivity index (χ2n) is 6.18. The van der Waals surface area contributed by atoms with Gasteiger partial charge in [0.05, 0.1) is 16.4 Å². The highest BCUT2D eigenvalue weighted by molar-refractivity contribution is 7.64. The van der Waals surface area contributed by atoms with E-state index in [2.05, 4.69) is 45.0 Å². The molecule has 0 atom stereocenters. The van der Waals surface area contributed by atoms with E-state index in [1.165, 1.54) is 16.6 Å². The minimum atomic E-state index is -0.268. The van der Waals surface area contributed by atoms with E-state index in [-0.39, 0.29) is 7.92 Å². The van der Waals surface area contributed by atoms with Gasteiger partial charge < -0.3 is 5.32 Å². The number of benzene rings is 2. The Morgan fingerprint density at radius 2 is 1.82 bits per heavy atom. The van der Waals surface area contributed by atoms with Crippen LogP contribution in [0.3, 0.4) is 0 Å². The van der Waals surface area contributed by atoms with Gasteiger partial charge in [-0.25, -0.2) is 9.97 Å². The zero-order valence-corrected chi connectivity index (χ0v) is 18.3. The lowest BCUT2D eigenvalue weighted by Crippen LogP contribution is -2.09. The Bertz CT molecular complexity index is 1150. The SMILES string of the molecule is CP(C)c1ccccc1Nc1nc(Nc2nc3ccc(Cl)cc3s2)ncc1Cl. The predicted octanol–water partition coefficient (Wildman–Crippen LogP) is 6.25. The zero-order valence-electron chi connectivity index (χ0n) is 15.1. The quantitative estimate of drug-likeness (QED) is 0.354.